The number of fused-ring (bicyclic) bond motifs is 1. The van der Waals surface area contributed by atoms with Gasteiger partial charge >= 0.3 is 0 Å². The van der Waals surface area contributed by atoms with E-state index < -0.39 is 0 Å². The molecule has 0 atom stereocenters. The number of aromatic nitrogens is 1. The summed E-state index contributed by atoms with van der Waals surface area (Å²) in [6.45, 7) is 1.75. The highest BCUT2D eigenvalue weighted by Gasteiger charge is 2.13. The lowest BCUT2D eigenvalue weighted by atomic mass is 10.1. The maximum Gasteiger partial charge on any atom is 0.259 e. The van der Waals surface area contributed by atoms with Crippen LogP contribution in [0.2, 0.25) is 5.02 Å². The quantitative estimate of drug-likeness (QED) is 0.773. The number of halogens is 1. The smallest absolute Gasteiger partial charge is 0.259 e. The fourth-order valence-corrected chi connectivity index (χ4v) is 2.21. The number of benzene rings is 1. The molecular weight excluding hydrogens is 276 g/mol. The van der Waals surface area contributed by atoms with E-state index in [-0.39, 0.29) is 5.91 Å². The molecule has 0 bridgehead atoms. The van der Waals surface area contributed by atoms with Gasteiger partial charge in [0.1, 0.15) is 5.76 Å². The molecular formula is C15H11ClN2O2. The van der Waals surface area contributed by atoms with Crippen molar-refractivity contribution in [3.05, 3.63) is 59.1 Å². The van der Waals surface area contributed by atoms with E-state index >= 15 is 0 Å². The summed E-state index contributed by atoms with van der Waals surface area (Å²) in [7, 11) is 0. The van der Waals surface area contributed by atoms with Crippen LogP contribution >= 0.6 is 11.6 Å². The highest BCUT2D eigenvalue weighted by atomic mass is 35.5. The molecule has 1 aromatic carbocycles. The first-order valence-electron chi connectivity index (χ1n) is 6.05. The SMILES string of the molecule is Cc1occc1C(=O)Nc1ccnc2ccc(Cl)cc12. The molecule has 0 aliphatic heterocycles. The number of hydrogen-bond acceptors (Lipinski definition) is 3. The van der Waals surface area contributed by atoms with Crippen molar-refractivity contribution in [2.75, 3.05) is 5.32 Å². The minimum Gasteiger partial charge on any atom is -0.469 e. The van der Waals surface area contributed by atoms with Crippen LogP contribution in [0, 0.1) is 6.92 Å². The number of hydrogen-bond donors (Lipinski definition) is 1. The van der Waals surface area contributed by atoms with Crippen molar-refractivity contribution in [1.29, 1.82) is 0 Å². The maximum absolute atomic E-state index is 12.2. The third kappa shape index (κ3) is 2.26. The van der Waals surface area contributed by atoms with Crippen LogP contribution in [0.15, 0.2) is 47.2 Å². The molecule has 1 N–H and O–H groups in total. The van der Waals surface area contributed by atoms with E-state index in [1.54, 1.807) is 37.4 Å². The summed E-state index contributed by atoms with van der Waals surface area (Å²) < 4.78 is 5.14. The van der Waals surface area contributed by atoms with E-state index in [9.17, 15) is 4.79 Å². The zero-order valence-corrected chi connectivity index (χ0v) is 11.4. The highest BCUT2D eigenvalue weighted by Crippen LogP contribution is 2.25. The second kappa shape index (κ2) is 4.98. The Kier molecular flexibility index (Phi) is 3.16. The first-order chi connectivity index (χ1) is 9.65. The van der Waals surface area contributed by atoms with Crippen LogP contribution in [0.5, 0.6) is 0 Å². The molecule has 4 nitrogen and oxygen atoms in total. The minimum absolute atomic E-state index is 0.219. The van der Waals surface area contributed by atoms with Gasteiger partial charge in [-0.05, 0) is 37.3 Å². The third-order valence-electron chi connectivity index (χ3n) is 3.06. The second-order valence-corrected chi connectivity index (χ2v) is 4.80. The molecule has 0 unspecified atom stereocenters. The number of rotatable bonds is 2. The van der Waals surface area contributed by atoms with Crippen LogP contribution < -0.4 is 5.32 Å². The third-order valence-corrected chi connectivity index (χ3v) is 3.29. The molecule has 0 spiro atoms. The summed E-state index contributed by atoms with van der Waals surface area (Å²) in [4.78, 5) is 16.4. The topological polar surface area (TPSA) is 55.1 Å². The van der Waals surface area contributed by atoms with Crippen molar-refractivity contribution in [3.8, 4) is 0 Å². The molecule has 0 radical (unpaired) electrons. The Morgan fingerprint density at radius 3 is 2.90 bits per heavy atom. The standard InChI is InChI=1S/C15H11ClN2O2/c1-9-11(5-7-20-9)15(19)18-14-4-6-17-13-3-2-10(16)8-12(13)14/h2-8H,1H3,(H,17,18,19). The fourth-order valence-electron chi connectivity index (χ4n) is 2.04. The van der Waals surface area contributed by atoms with Gasteiger partial charge in [0.15, 0.2) is 0 Å². The summed E-state index contributed by atoms with van der Waals surface area (Å²) in [5.41, 5.74) is 1.95. The summed E-state index contributed by atoms with van der Waals surface area (Å²) in [5.74, 6) is 0.364. The number of carbonyl (C=O) groups is 1. The predicted molar refractivity (Wildman–Crippen MR) is 78.2 cm³/mol. The van der Waals surface area contributed by atoms with Crippen LogP contribution in [-0.4, -0.2) is 10.9 Å². The van der Waals surface area contributed by atoms with Gasteiger partial charge in [0.05, 0.1) is 23.0 Å². The Bertz CT molecular complexity index is 795. The first kappa shape index (κ1) is 12.7. The van der Waals surface area contributed by atoms with Crippen molar-refractivity contribution in [1.82, 2.24) is 4.98 Å². The van der Waals surface area contributed by atoms with Crippen molar-refractivity contribution >= 4 is 34.1 Å². The van der Waals surface area contributed by atoms with Gasteiger partial charge in [-0.1, -0.05) is 11.6 Å². The molecule has 0 saturated heterocycles. The van der Waals surface area contributed by atoms with Crippen LogP contribution in [-0.2, 0) is 0 Å². The normalized spacial score (nSPS) is 10.7. The van der Waals surface area contributed by atoms with Gasteiger partial charge < -0.3 is 9.73 Å². The molecule has 1 amide bonds. The molecule has 5 heteroatoms. The monoisotopic (exact) mass is 286 g/mol. The van der Waals surface area contributed by atoms with E-state index in [0.717, 1.165) is 10.9 Å². The molecule has 0 saturated carbocycles. The first-order valence-corrected chi connectivity index (χ1v) is 6.42. The number of pyridine rings is 1. The van der Waals surface area contributed by atoms with Crippen LogP contribution in [0.25, 0.3) is 10.9 Å². The Morgan fingerprint density at radius 1 is 1.30 bits per heavy atom. The predicted octanol–water partition coefficient (Wildman–Crippen LogP) is 4.04. The minimum atomic E-state index is -0.219. The summed E-state index contributed by atoms with van der Waals surface area (Å²) in [6, 6.07) is 8.74. The van der Waals surface area contributed by atoms with Gasteiger partial charge in [0.2, 0.25) is 0 Å². The number of aryl methyl sites for hydroxylation is 1. The van der Waals surface area contributed by atoms with Gasteiger partial charge in [0, 0.05) is 16.6 Å². The van der Waals surface area contributed by atoms with Crippen molar-refractivity contribution < 1.29 is 9.21 Å². The number of furan rings is 1. The van der Waals surface area contributed by atoms with E-state index in [0.29, 0.717) is 22.0 Å². The van der Waals surface area contributed by atoms with Crippen molar-refractivity contribution in [3.63, 3.8) is 0 Å². The van der Waals surface area contributed by atoms with Gasteiger partial charge in [0.25, 0.3) is 5.91 Å². The van der Waals surface area contributed by atoms with Crippen LogP contribution in [0.4, 0.5) is 5.69 Å². The Balaban J connectivity index is 2.01. The number of anilines is 1. The summed E-state index contributed by atoms with van der Waals surface area (Å²) in [6.07, 6.45) is 3.14. The van der Waals surface area contributed by atoms with E-state index in [4.69, 9.17) is 16.0 Å². The molecule has 100 valence electrons. The molecule has 3 aromatic rings. The molecule has 2 heterocycles. The van der Waals surface area contributed by atoms with Gasteiger partial charge in [-0.2, -0.15) is 0 Å². The lowest BCUT2D eigenvalue weighted by Crippen LogP contribution is -2.12. The molecule has 3 rings (SSSR count). The Labute approximate surface area is 120 Å². The number of amides is 1. The zero-order chi connectivity index (χ0) is 14.1. The molecule has 0 aliphatic carbocycles. The number of nitrogens with one attached hydrogen (secondary N) is 1. The molecule has 2 aromatic heterocycles. The van der Waals surface area contributed by atoms with Crippen molar-refractivity contribution in [2.45, 2.75) is 6.92 Å². The second-order valence-electron chi connectivity index (χ2n) is 4.36. The lowest BCUT2D eigenvalue weighted by molar-refractivity contribution is 0.102. The lowest BCUT2D eigenvalue weighted by Gasteiger charge is -2.08. The Hall–Kier alpha value is -2.33. The van der Waals surface area contributed by atoms with E-state index in [1.807, 2.05) is 6.07 Å². The summed E-state index contributed by atoms with van der Waals surface area (Å²) >= 11 is 6.00. The summed E-state index contributed by atoms with van der Waals surface area (Å²) in [5, 5.41) is 4.26. The van der Waals surface area contributed by atoms with Crippen molar-refractivity contribution in [2.24, 2.45) is 0 Å². The van der Waals surface area contributed by atoms with Crippen LogP contribution in [0.1, 0.15) is 16.1 Å². The average Bonchev–Trinajstić information content (AvgIpc) is 2.86. The van der Waals surface area contributed by atoms with Gasteiger partial charge in [-0.25, -0.2) is 0 Å². The highest BCUT2D eigenvalue weighted by molar-refractivity contribution is 6.31. The fraction of sp³-hybridized carbons (Fsp3) is 0.0667. The van der Waals surface area contributed by atoms with E-state index in [1.165, 1.54) is 6.26 Å². The number of carbonyl (C=O) groups excluding carboxylic acids is 1. The van der Waals surface area contributed by atoms with Gasteiger partial charge in [-0.15, -0.1) is 0 Å². The molecule has 20 heavy (non-hydrogen) atoms. The average molecular weight is 287 g/mol. The molecule has 0 aliphatic rings. The Morgan fingerprint density at radius 2 is 2.15 bits per heavy atom. The van der Waals surface area contributed by atoms with Gasteiger partial charge in [-0.3, -0.25) is 9.78 Å². The number of nitrogens with zero attached hydrogens (tertiary/aromatic N) is 1. The van der Waals surface area contributed by atoms with E-state index in [2.05, 4.69) is 10.3 Å². The van der Waals surface area contributed by atoms with Crippen LogP contribution in [0.3, 0.4) is 0 Å². The maximum atomic E-state index is 12.2. The molecule has 0 fully saturated rings. The zero-order valence-electron chi connectivity index (χ0n) is 10.7. The largest absolute Gasteiger partial charge is 0.469 e.